The Labute approximate surface area is 162 Å². The van der Waals surface area contributed by atoms with Gasteiger partial charge < -0.3 is 14.5 Å². The smallest absolute Gasteiger partial charge is 0.242 e. The van der Waals surface area contributed by atoms with Crippen molar-refractivity contribution in [1.29, 1.82) is 0 Å². The van der Waals surface area contributed by atoms with Crippen molar-refractivity contribution in [1.82, 2.24) is 9.80 Å². The maximum Gasteiger partial charge on any atom is 0.242 e. The molecular weight excluding hydrogens is 340 g/mol. The van der Waals surface area contributed by atoms with Gasteiger partial charge in [-0.05, 0) is 31.2 Å². The zero-order valence-electron chi connectivity index (χ0n) is 16.0. The molecule has 2 heterocycles. The van der Waals surface area contributed by atoms with E-state index in [-0.39, 0.29) is 24.5 Å². The summed E-state index contributed by atoms with van der Waals surface area (Å²) in [6, 6.07) is 10.1. The highest BCUT2D eigenvalue weighted by molar-refractivity contribution is 5.85. The van der Waals surface area contributed by atoms with E-state index in [0.29, 0.717) is 26.1 Å². The number of nitrogens with zero attached hydrogens (tertiary/aromatic N) is 2. The van der Waals surface area contributed by atoms with Gasteiger partial charge in [-0.1, -0.05) is 48.9 Å². The van der Waals surface area contributed by atoms with Crippen LogP contribution in [-0.2, 0) is 14.3 Å². The van der Waals surface area contributed by atoms with Crippen LogP contribution in [0.1, 0.15) is 44.1 Å². The number of hydrogen-bond donors (Lipinski definition) is 0. The highest BCUT2D eigenvalue weighted by atomic mass is 16.5. The highest BCUT2D eigenvalue weighted by Gasteiger charge is 2.25. The summed E-state index contributed by atoms with van der Waals surface area (Å²) in [6.07, 6.45) is 9.76. The molecule has 27 heavy (non-hydrogen) atoms. The van der Waals surface area contributed by atoms with E-state index in [1.165, 1.54) is 0 Å². The minimum absolute atomic E-state index is 0.0125. The summed E-state index contributed by atoms with van der Waals surface area (Å²) >= 11 is 0. The van der Waals surface area contributed by atoms with Crippen LogP contribution in [0.3, 0.4) is 0 Å². The topological polar surface area (TPSA) is 49.9 Å². The monoisotopic (exact) mass is 370 g/mol. The lowest BCUT2D eigenvalue weighted by Gasteiger charge is -2.28. The second-order valence-corrected chi connectivity index (χ2v) is 7.37. The summed E-state index contributed by atoms with van der Waals surface area (Å²) in [6.45, 7) is 2.79. The number of likely N-dealkylation sites (tertiary alicyclic amines) is 1. The van der Waals surface area contributed by atoms with Crippen LogP contribution in [0.5, 0.6) is 0 Å². The zero-order chi connectivity index (χ0) is 18.9. The van der Waals surface area contributed by atoms with Gasteiger partial charge in [0.15, 0.2) is 0 Å². The molecule has 0 bridgehead atoms. The Morgan fingerprint density at radius 2 is 2.04 bits per heavy atom. The average Bonchev–Trinajstić information content (AvgIpc) is 3.11. The Kier molecular flexibility index (Phi) is 7.45. The second kappa shape index (κ2) is 10.3. The van der Waals surface area contributed by atoms with Crippen molar-refractivity contribution < 1.29 is 14.3 Å². The normalized spacial score (nSPS) is 20.8. The third-order valence-corrected chi connectivity index (χ3v) is 5.23. The quantitative estimate of drug-likeness (QED) is 0.741. The number of carbonyl (C=O) groups excluding carboxylic acids is 2. The SMILES string of the molecule is O=C1CCCCCN1CC(=O)N(CC=Cc1ccccc1)CC1CCCO1. The predicted octanol–water partition coefficient (Wildman–Crippen LogP) is 3.11. The molecule has 5 nitrogen and oxygen atoms in total. The van der Waals surface area contributed by atoms with E-state index >= 15 is 0 Å². The second-order valence-electron chi connectivity index (χ2n) is 7.37. The lowest BCUT2D eigenvalue weighted by molar-refractivity contribution is -0.140. The standard InChI is InChI=1S/C22H30N2O3/c25-21-13-5-2-6-14-24(21)18-22(26)23(17-20-12-8-16-27-20)15-7-11-19-9-3-1-4-10-19/h1,3-4,7,9-11,20H,2,5-6,8,12-18H2. The summed E-state index contributed by atoms with van der Waals surface area (Å²) in [7, 11) is 0. The Bertz CT molecular complexity index is 638. The molecule has 2 saturated heterocycles. The molecule has 1 atom stereocenters. The minimum Gasteiger partial charge on any atom is -0.376 e. The number of ether oxygens (including phenoxy) is 1. The van der Waals surface area contributed by atoms with E-state index in [9.17, 15) is 9.59 Å². The molecule has 0 N–H and O–H groups in total. The molecule has 2 aliphatic heterocycles. The number of benzene rings is 1. The Morgan fingerprint density at radius 3 is 2.81 bits per heavy atom. The van der Waals surface area contributed by atoms with Crippen molar-refractivity contribution in [3.63, 3.8) is 0 Å². The largest absolute Gasteiger partial charge is 0.376 e. The fourth-order valence-corrected chi connectivity index (χ4v) is 3.66. The van der Waals surface area contributed by atoms with E-state index in [1.807, 2.05) is 47.4 Å². The van der Waals surface area contributed by atoms with Crippen LogP contribution in [-0.4, -0.2) is 60.5 Å². The number of hydrogen-bond acceptors (Lipinski definition) is 3. The van der Waals surface area contributed by atoms with Gasteiger partial charge in [0.05, 0.1) is 12.6 Å². The Balaban J connectivity index is 1.61. The summed E-state index contributed by atoms with van der Waals surface area (Å²) in [5.41, 5.74) is 1.12. The minimum atomic E-state index is 0.0125. The van der Waals surface area contributed by atoms with Gasteiger partial charge in [0, 0.05) is 32.7 Å². The first-order valence-electron chi connectivity index (χ1n) is 10.1. The molecule has 3 rings (SSSR count). The number of rotatable bonds is 7. The Hall–Kier alpha value is -2.14. The van der Waals surface area contributed by atoms with Crippen LogP contribution in [0, 0.1) is 0 Å². The van der Waals surface area contributed by atoms with Crippen LogP contribution < -0.4 is 0 Å². The summed E-state index contributed by atoms with van der Waals surface area (Å²) < 4.78 is 5.73. The Morgan fingerprint density at radius 1 is 1.19 bits per heavy atom. The summed E-state index contributed by atoms with van der Waals surface area (Å²) in [5, 5.41) is 0. The average molecular weight is 370 g/mol. The van der Waals surface area contributed by atoms with Crippen LogP contribution >= 0.6 is 0 Å². The number of carbonyl (C=O) groups is 2. The lowest BCUT2D eigenvalue weighted by Crippen LogP contribution is -2.45. The van der Waals surface area contributed by atoms with E-state index in [0.717, 1.165) is 44.3 Å². The first-order valence-corrected chi connectivity index (χ1v) is 10.1. The molecule has 2 amide bonds. The van der Waals surface area contributed by atoms with E-state index in [1.54, 1.807) is 4.90 Å². The maximum atomic E-state index is 12.9. The van der Waals surface area contributed by atoms with Crippen LogP contribution in [0.25, 0.3) is 6.08 Å². The summed E-state index contributed by atoms with van der Waals surface area (Å²) in [4.78, 5) is 28.8. The molecular formula is C22H30N2O3. The van der Waals surface area contributed by atoms with Crippen LogP contribution in [0.2, 0.25) is 0 Å². The van der Waals surface area contributed by atoms with Crippen LogP contribution in [0.15, 0.2) is 36.4 Å². The van der Waals surface area contributed by atoms with Crippen molar-refractivity contribution >= 4 is 17.9 Å². The molecule has 0 aromatic heterocycles. The lowest BCUT2D eigenvalue weighted by atomic mass is 10.2. The van der Waals surface area contributed by atoms with Crippen molar-refractivity contribution in [3.05, 3.63) is 42.0 Å². The van der Waals surface area contributed by atoms with Gasteiger partial charge in [0.1, 0.15) is 0 Å². The molecule has 146 valence electrons. The predicted molar refractivity (Wildman–Crippen MR) is 106 cm³/mol. The van der Waals surface area contributed by atoms with Gasteiger partial charge in [0.25, 0.3) is 0 Å². The molecule has 0 aliphatic carbocycles. The first-order chi connectivity index (χ1) is 13.2. The summed E-state index contributed by atoms with van der Waals surface area (Å²) in [5.74, 6) is 0.121. The van der Waals surface area contributed by atoms with E-state index in [4.69, 9.17) is 4.74 Å². The van der Waals surface area contributed by atoms with Crippen molar-refractivity contribution in [3.8, 4) is 0 Å². The molecule has 1 aromatic carbocycles. The molecule has 2 aliphatic rings. The van der Waals surface area contributed by atoms with Gasteiger partial charge in [-0.15, -0.1) is 0 Å². The fourth-order valence-electron chi connectivity index (χ4n) is 3.66. The molecule has 0 saturated carbocycles. The van der Waals surface area contributed by atoms with Gasteiger partial charge in [-0.2, -0.15) is 0 Å². The molecule has 0 radical (unpaired) electrons. The van der Waals surface area contributed by atoms with Crippen molar-refractivity contribution in [2.24, 2.45) is 0 Å². The van der Waals surface area contributed by atoms with E-state index < -0.39 is 0 Å². The third kappa shape index (κ3) is 6.21. The van der Waals surface area contributed by atoms with Gasteiger partial charge in [-0.25, -0.2) is 0 Å². The first kappa shape index (κ1) is 19.6. The molecule has 0 spiro atoms. The maximum absolute atomic E-state index is 12.9. The van der Waals surface area contributed by atoms with Gasteiger partial charge >= 0.3 is 0 Å². The molecule has 5 heteroatoms. The molecule has 2 fully saturated rings. The highest BCUT2D eigenvalue weighted by Crippen LogP contribution is 2.15. The fraction of sp³-hybridized carbons (Fsp3) is 0.545. The van der Waals surface area contributed by atoms with Gasteiger partial charge in [0.2, 0.25) is 11.8 Å². The van der Waals surface area contributed by atoms with Crippen molar-refractivity contribution in [2.45, 2.75) is 44.6 Å². The number of amides is 2. The third-order valence-electron chi connectivity index (χ3n) is 5.23. The van der Waals surface area contributed by atoms with E-state index in [2.05, 4.69) is 0 Å². The van der Waals surface area contributed by atoms with Gasteiger partial charge in [-0.3, -0.25) is 9.59 Å². The van der Waals surface area contributed by atoms with Crippen LogP contribution in [0.4, 0.5) is 0 Å². The molecule has 1 aromatic rings. The molecule has 1 unspecified atom stereocenters. The zero-order valence-corrected chi connectivity index (χ0v) is 16.0. The van der Waals surface area contributed by atoms with Crippen molar-refractivity contribution in [2.75, 3.05) is 32.8 Å².